The monoisotopic (exact) mass is 261 g/mol. The van der Waals surface area contributed by atoms with Gasteiger partial charge >= 0.3 is 0 Å². The van der Waals surface area contributed by atoms with Crippen molar-refractivity contribution in [2.75, 3.05) is 20.2 Å². The number of ether oxygens (including phenoxy) is 1. The third kappa shape index (κ3) is 4.67. The number of ketones is 1. The molecule has 0 unspecified atom stereocenters. The Morgan fingerprint density at radius 2 is 2.16 bits per heavy atom. The molecule has 0 aromatic heterocycles. The predicted molar refractivity (Wildman–Crippen MR) is 76.5 cm³/mol. The Morgan fingerprint density at radius 1 is 1.37 bits per heavy atom. The van der Waals surface area contributed by atoms with Gasteiger partial charge in [-0.2, -0.15) is 0 Å². The average Bonchev–Trinajstić information content (AvgIpc) is 2.46. The molecule has 0 bridgehead atoms. The first kappa shape index (κ1) is 14.1. The Bertz CT molecular complexity index is 411. The maximum Gasteiger partial charge on any atom is 0.137 e. The number of methoxy groups -OCH3 is 1. The van der Waals surface area contributed by atoms with Crippen molar-refractivity contribution < 1.29 is 9.53 Å². The molecule has 1 aromatic carbocycles. The smallest absolute Gasteiger partial charge is 0.137 e. The molecule has 1 saturated heterocycles. The van der Waals surface area contributed by atoms with Gasteiger partial charge in [-0.1, -0.05) is 12.1 Å². The van der Waals surface area contributed by atoms with Crippen LogP contribution >= 0.6 is 0 Å². The molecule has 0 spiro atoms. The molecule has 1 fully saturated rings. The zero-order valence-corrected chi connectivity index (χ0v) is 11.7. The van der Waals surface area contributed by atoms with Crippen LogP contribution in [0.1, 0.15) is 31.2 Å². The number of carbonyl (C=O) groups excluding carboxylic acids is 1. The van der Waals surface area contributed by atoms with E-state index in [0.717, 1.165) is 36.7 Å². The minimum Gasteiger partial charge on any atom is -0.497 e. The highest BCUT2D eigenvalue weighted by Crippen LogP contribution is 2.19. The van der Waals surface area contributed by atoms with Crippen LogP contribution in [0.4, 0.5) is 0 Å². The van der Waals surface area contributed by atoms with Gasteiger partial charge < -0.3 is 10.1 Å². The molecule has 1 heterocycles. The van der Waals surface area contributed by atoms with E-state index in [9.17, 15) is 4.79 Å². The summed E-state index contributed by atoms with van der Waals surface area (Å²) in [5.74, 6) is 1.89. The summed E-state index contributed by atoms with van der Waals surface area (Å²) in [5, 5.41) is 3.36. The molecular formula is C16H23NO2. The Hall–Kier alpha value is -1.35. The topological polar surface area (TPSA) is 38.3 Å². The number of hydrogen-bond acceptors (Lipinski definition) is 3. The lowest BCUT2D eigenvalue weighted by molar-refractivity contribution is -0.118. The van der Waals surface area contributed by atoms with E-state index in [2.05, 4.69) is 5.32 Å². The maximum atomic E-state index is 12.0. The van der Waals surface area contributed by atoms with Crippen LogP contribution in [0.2, 0.25) is 0 Å². The van der Waals surface area contributed by atoms with Crippen molar-refractivity contribution in [1.82, 2.24) is 5.32 Å². The zero-order valence-electron chi connectivity index (χ0n) is 11.7. The lowest BCUT2D eigenvalue weighted by Gasteiger charge is -2.22. The van der Waals surface area contributed by atoms with Gasteiger partial charge in [-0.15, -0.1) is 0 Å². The van der Waals surface area contributed by atoms with E-state index in [-0.39, 0.29) is 0 Å². The van der Waals surface area contributed by atoms with Gasteiger partial charge in [0.2, 0.25) is 0 Å². The first-order chi connectivity index (χ1) is 9.28. The van der Waals surface area contributed by atoms with Crippen LogP contribution in [0.5, 0.6) is 5.75 Å². The third-order valence-electron chi connectivity index (χ3n) is 3.83. The molecule has 1 N–H and O–H groups in total. The molecule has 0 radical (unpaired) electrons. The highest BCUT2D eigenvalue weighted by molar-refractivity contribution is 5.80. The number of benzene rings is 1. The van der Waals surface area contributed by atoms with Crippen LogP contribution in [-0.4, -0.2) is 26.0 Å². The third-order valence-corrected chi connectivity index (χ3v) is 3.83. The molecule has 19 heavy (non-hydrogen) atoms. The molecule has 104 valence electrons. The first-order valence-corrected chi connectivity index (χ1v) is 7.13. The van der Waals surface area contributed by atoms with E-state index >= 15 is 0 Å². The molecule has 0 amide bonds. The fourth-order valence-corrected chi connectivity index (χ4v) is 2.63. The van der Waals surface area contributed by atoms with Crippen molar-refractivity contribution in [2.45, 2.75) is 32.1 Å². The van der Waals surface area contributed by atoms with Gasteiger partial charge in [-0.3, -0.25) is 4.79 Å². The van der Waals surface area contributed by atoms with Crippen molar-refractivity contribution in [1.29, 1.82) is 0 Å². The largest absolute Gasteiger partial charge is 0.497 e. The Morgan fingerprint density at radius 3 is 2.89 bits per heavy atom. The van der Waals surface area contributed by atoms with Crippen LogP contribution in [0.3, 0.4) is 0 Å². The number of piperidine rings is 1. The second kappa shape index (κ2) is 7.29. The van der Waals surface area contributed by atoms with Gasteiger partial charge in [0, 0.05) is 12.8 Å². The van der Waals surface area contributed by atoms with Gasteiger partial charge in [0.25, 0.3) is 0 Å². The molecular weight excluding hydrogens is 238 g/mol. The predicted octanol–water partition coefficient (Wildman–Crippen LogP) is 2.59. The van der Waals surface area contributed by atoms with Crippen molar-refractivity contribution >= 4 is 5.78 Å². The van der Waals surface area contributed by atoms with Gasteiger partial charge in [0.05, 0.1) is 7.11 Å². The maximum absolute atomic E-state index is 12.0. The fourth-order valence-electron chi connectivity index (χ4n) is 2.63. The van der Waals surface area contributed by atoms with E-state index in [1.807, 2.05) is 24.3 Å². The standard InChI is InChI=1S/C16H23NO2/c1-19-16-4-2-3-14(12-16)11-15(18)6-5-13-7-9-17-10-8-13/h2-4,12-13,17H,5-11H2,1H3. The van der Waals surface area contributed by atoms with Crippen molar-refractivity contribution in [3.8, 4) is 5.75 Å². The van der Waals surface area contributed by atoms with E-state index < -0.39 is 0 Å². The lowest BCUT2D eigenvalue weighted by atomic mass is 9.91. The van der Waals surface area contributed by atoms with Crippen LogP contribution in [-0.2, 0) is 11.2 Å². The van der Waals surface area contributed by atoms with Crippen LogP contribution in [0.15, 0.2) is 24.3 Å². The molecule has 2 rings (SSSR count). The highest BCUT2D eigenvalue weighted by atomic mass is 16.5. The zero-order chi connectivity index (χ0) is 13.5. The number of Topliss-reactive ketones (excluding diaryl/α,β-unsaturated/α-hetero) is 1. The minimum absolute atomic E-state index is 0.340. The first-order valence-electron chi connectivity index (χ1n) is 7.13. The number of carbonyl (C=O) groups is 1. The highest BCUT2D eigenvalue weighted by Gasteiger charge is 2.14. The summed E-state index contributed by atoms with van der Waals surface area (Å²) in [6, 6.07) is 7.78. The van der Waals surface area contributed by atoms with Gasteiger partial charge in [0.15, 0.2) is 0 Å². The van der Waals surface area contributed by atoms with Gasteiger partial charge in [0.1, 0.15) is 11.5 Å². The normalized spacial score (nSPS) is 16.3. The Kier molecular flexibility index (Phi) is 5.40. The Balaban J connectivity index is 1.76. The molecule has 0 aliphatic carbocycles. The van der Waals surface area contributed by atoms with E-state index in [1.165, 1.54) is 12.8 Å². The molecule has 1 aliphatic heterocycles. The quantitative estimate of drug-likeness (QED) is 0.855. The summed E-state index contributed by atoms with van der Waals surface area (Å²) in [5.41, 5.74) is 1.05. The van der Waals surface area contributed by atoms with Gasteiger partial charge in [-0.05, 0) is 56.0 Å². The summed E-state index contributed by atoms with van der Waals surface area (Å²) in [6.45, 7) is 2.21. The van der Waals surface area contributed by atoms with Crippen molar-refractivity contribution in [2.24, 2.45) is 5.92 Å². The van der Waals surface area contributed by atoms with E-state index in [0.29, 0.717) is 18.6 Å². The number of nitrogens with one attached hydrogen (secondary N) is 1. The van der Waals surface area contributed by atoms with Crippen molar-refractivity contribution in [3.63, 3.8) is 0 Å². The second-order valence-electron chi connectivity index (χ2n) is 5.30. The molecule has 3 heteroatoms. The summed E-state index contributed by atoms with van der Waals surface area (Å²) in [7, 11) is 1.65. The van der Waals surface area contributed by atoms with E-state index in [1.54, 1.807) is 7.11 Å². The van der Waals surface area contributed by atoms with Gasteiger partial charge in [-0.25, -0.2) is 0 Å². The second-order valence-corrected chi connectivity index (χ2v) is 5.30. The summed E-state index contributed by atoms with van der Waals surface area (Å²) in [6.07, 6.45) is 4.72. The lowest BCUT2D eigenvalue weighted by Crippen LogP contribution is -2.28. The molecule has 1 aliphatic rings. The fraction of sp³-hybridized carbons (Fsp3) is 0.562. The van der Waals surface area contributed by atoms with Crippen LogP contribution in [0.25, 0.3) is 0 Å². The Labute approximate surface area is 115 Å². The summed E-state index contributed by atoms with van der Waals surface area (Å²) in [4.78, 5) is 12.0. The van der Waals surface area contributed by atoms with Crippen LogP contribution in [0, 0.1) is 5.92 Å². The number of rotatable bonds is 6. The molecule has 0 atom stereocenters. The molecule has 3 nitrogen and oxygen atoms in total. The van der Waals surface area contributed by atoms with Crippen LogP contribution < -0.4 is 10.1 Å². The molecule has 1 aromatic rings. The molecule has 0 saturated carbocycles. The van der Waals surface area contributed by atoms with E-state index in [4.69, 9.17) is 4.74 Å². The SMILES string of the molecule is COc1cccc(CC(=O)CCC2CCNCC2)c1. The summed E-state index contributed by atoms with van der Waals surface area (Å²) < 4.78 is 5.17. The minimum atomic E-state index is 0.340. The average molecular weight is 261 g/mol. The summed E-state index contributed by atoms with van der Waals surface area (Å²) >= 11 is 0. The van der Waals surface area contributed by atoms with Crippen molar-refractivity contribution in [3.05, 3.63) is 29.8 Å². The number of hydrogen-bond donors (Lipinski definition) is 1.